The van der Waals surface area contributed by atoms with Gasteiger partial charge in [-0.05, 0) is 47.5 Å². The molecule has 0 heterocycles. The van der Waals surface area contributed by atoms with Crippen LogP contribution in [0.25, 0.3) is 0 Å². The van der Waals surface area contributed by atoms with Crippen molar-refractivity contribution >= 4 is 17.3 Å². The van der Waals surface area contributed by atoms with E-state index in [2.05, 4.69) is 5.92 Å². The highest BCUT2D eigenvalue weighted by molar-refractivity contribution is 6.01. The number of hydrogen-bond acceptors (Lipinski definition) is 4. The van der Waals surface area contributed by atoms with Crippen molar-refractivity contribution < 1.29 is 14.3 Å². The molecule has 0 aliphatic rings. The summed E-state index contributed by atoms with van der Waals surface area (Å²) in [5.41, 5.74) is 8.57. The van der Waals surface area contributed by atoms with Crippen LogP contribution in [0.5, 0.6) is 11.5 Å². The smallest absolute Gasteiger partial charge is 0.144 e. The Morgan fingerprint density at radius 1 is 0.862 bits per heavy atom. The van der Waals surface area contributed by atoms with Crippen LogP contribution in [-0.4, -0.2) is 11.6 Å². The fourth-order valence-corrected chi connectivity index (χ4v) is 2.93. The molecule has 0 amide bonds. The molecule has 0 radical (unpaired) electrons. The van der Waals surface area contributed by atoms with Gasteiger partial charge < -0.3 is 10.5 Å². The van der Waals surface area contributed by atoms with Crippen LogP contribution >= 0.6 is 0 Å². The average Bonchev–Trinajstić information content (AvgIpc) is 2.71. The Morgan fingerprint density at radius 3 is 2.17 bits per heavy atom. The minimum Gasteiger partial charge on any atom is -0.457 e. The molecule has 0 bridgehead atoms. The predicted molar refractivity (Wildman–Crippen MR) is 114 cm³/mol. The Bertz CT molecular complexity index is 1050. The molecule has 0 aliphatic heterocycles. The lowest BCUT2D eigenvalue weighted by Crippen LogP contribution is -2.13. The summed E-state index contributed by atoms with van der Waals surface area (Å²) in [5.74, 6) is 3.63. The molecule has 4 nitrogen and oxygen atoms in total. The first-order valence-electron chi connectivity index (χ1n) is 9.24. The molecule has 0 saturated carbocycles. The van der Waals surface area contributed by atoms with Gasteiger partial charge in [0, 0.05) is 24.1 Å². The fourth-order valence-electron chi connectivity index (χ4n) is 2.93. The second kappa shape index (κ2) is 9.38. The average molecular weight is 383 g/mol. The van der Waals surface area contributed by atoms with E-state index >= 15 is 0 Å². The third-order valence-electron chi connectivity index (χ3n) is 4.40. The quantitative estimate of drug-likeness (QED) is 0.357. The van der Waals surface area contributed by atoms with E-state index in [9.17, 15) is 9.59 Å². The Balaban J connectivity index is 1.52. The molecule has 3 rings (SSSR count). The molecule has 0 fully saturated rings. The number of ketones is 2. The number of nitrogen functional groups attached to an aromatic ring is 1. The number of carbonyl (C=O) groups is 2. The summed E-state index contributed by atoms with van der Waals surface area (Å²) in [6, 6.07) is 21.9. The summed E-state index contributed by atoms with van der Waals surface area (Å²) in [7, 11) is 0. The van der Waals surface area contributed by atoms with Gasteiger partial charge in [-0.1, -0.05) is 42.3 Å². The number of anilines is 1. The van der Waals surface area contributed by atoms with Gasteiger partial charge in [-0.15, -0.1) is 6.42 Å². The van der Waals surface area contributed by atoms with E-state index in [1.54, 1.807) is 18.2 Å². The standard InChI is InChI=1S/C25H21NO3/c1-2-18-8-11-20(25(26)15-18)16-22(28)17-21(27)14-19-9-12-24(13-10-19)29-23-6-4-3-5-7-23/h1,3-13,15H,14,16-17,26H2. The number of para-hydroxylation sites is 1. The van der Waals surface area contributed by atoms with Crippen LogP contribution in [0.1, 0.15) is 23.1 Å². The van der Waals surface area contributed by atoms with Crippen molar-refractivity contribution in [2.75, 3.05) is 5.73 Å². The number of rotatable bonds is 8. The maximum atomic E-state index is 12.3. The summed E-state index contributed by atoms with van der Waals surface area (Å²) in [6.45, 7) is 0. The van der Waals surface area contributed by atoms with Crippen molar-refractivity contribution in [2.45, 2.75) is 19.3 Å². The van der Waals surface area contributed by atoms with Crippen LogP contribution in [-0.2, 0) is 22.4 Å². The molecule has 144 valence electrons. The van der Waals surface area contributed by atoms with Crippen molar-refractivity contribution in [3.8, 4) is 23.8 Å². The lowest BCUT2D eigenvalue weighted by atomic mass is 9.99. The Hall–Kier alpha value is -3.84. The van der Waals surface area contributed by atoms with E-state index in [4.69, 9.17) is 16.9 Å². The van der Waals surface area contributed by atoms with Gasteiger partial charge in [0.25, 0.3) is 0 Å². The molecule has 0 spiro atoms. The number of carbonyl (C=O) groups excluding carboxylic acids is 2. The zero-order valence-corrected chi connectivity index (χ0v) is 15.9. The molecule has 2 N–H and O–H groups in total. The Kier molecular flexibility index (Phi) is 6.44. The predicted octanol–water partition coefficient (Wildman–Crippen LogP) is 4.36. The van der Waals surface area contributed by atoms with Crippen LogP contribution in [0.4, 0.5) is 5.69 Å². The minimum atomic E-state index is -0.167. The molecular weight excluding hydrogens is 362 g/mol. The number of terminal acetylenes is 1. The van der Waals surface area contributed by atoms with E-state index in [1.807, 2.05) is 54.6 Å². The highest BCUT2D eigenvalue weighted by Gasteiger charge is 2.13. The molecule has 3 aromatic rings. The minimum absolute atomic E-state index is 0.117. The number of ether oxygens (including phenoxy) is 1. The van der Waals surface area contributed by atoms with Crippen molar-refractivity contribution in [3.05, 3.63) is 89.5 Å². The summed E-state index contributed by atoms with van der Waals surface area (Å²) < 4.78 is 5.73. The van der Waals surface area contributed by atoms with Gasteiger partial charge in [0.05, 0.1) is 6.42 Å². The van der Waals surface area contributed by atoms with Gasteiger partial charge in [0.1, 0.15) is 23.1 Å². The zero-order valence-electron chi connectivity index (χ0n) is 15.9. The molecule has 29 heavy (non-hydrogen) atoms. The molecule has 0 atom stereocenters. The molecule has 3 aromatic carbocycles. The van der Waals surface area contributed by atoms with Gasteiger partial charge in [0.15, 0.2) is 0 Å². The lowest BCUT2D eigenvalue weighted by molar-refractivity contribution is -0.126. The highest BCUT2D eigenvalue weighted by Crippen LogP contribution is 2.21. The highest BCUT2D eigenvalue weighted by atomic mass is 16.5. The van der Waals surface area contributed by atoms with Crippen molar-refractivity contribution in [1.82, 2.24) is 0 Å². The third kappa shape index (κ3) is 5.82. The summed E-state index contributed by atoms with van der Waals surface area (Å²) in [6.07, 6.45) is 5.52. The van der Waals surface area contributed by atoms with Gasteiger partial charge in [0.2, 0.25) is 0 Å². The summed E-state index contributed by atoms with van der Waals surface area (Å²) in [5, 5.41) is 0. The maximum Gasteiger partial charge on any atom is 0.144 e. The third-order valence-corrected chi connectivity index (χ3v) is 4.40. The van der Waals surface area contributed by atoms with Gasteiger partial charge in [-0.2, -0.15) is 0 Å². The lowest BCUT2D eigenvalue weighted by Gasteiger charge is -2.07. The normalized spacial score (nSPS) is 10.2. The topological polar surface area (TPSA) is 69.4 Å². The first-order valence-corrected chi connectivity index (χ1v) is 9.24. The molecule has 0 unspecified atom stereocenters. The monoisotopic (exact) mass is 383 g/mol. The zero-order chi connectivity index (χ0) is 20.6. The van der Waals surface area contributed by atoms with E-state index in [1.165, 1.54) is 0 Å². The van der Waals surface area contributed by atoms with Crippen LogP contribution in [0, 0.1) is 12.3 Å². The van der Waals surface area contributed by atoms with Crippen LogP contribution < -0.4 is 10.5 Å². The molecule has 0 saturated heterocycles. The maximum absolute atomic E-state index is 12.3. The largest absolute Gasteiger partial charge is 0.457 e. The SMILES string of the molecule is C#Cc1ccc(CC(=O)CC(=O)Cc2ccc(Oc3ccccc3)cc2)c(N)c1. The second-order valence-electron chi connectivity index (χ2n) is 6.72. The first-order chi connectivity index (χ1) is 14.0. The second-order valence-corrected chi connectivity index (χ2v) is 6.72. The summed E-state index contributed by atoms with van der Waals surface area (Å²) >= 11 is 0. The number of benzene rings is 3. The fraction of sp³-hybridized carbons (Fsp3) is 0.120. The van der Waals surface area contributed by atoms with Crippen LogP contribution in [0.3, 0.4) is 0 Å². The molecule has 4 heteroatoms. The number of nitrogens with two attached hydrogens (primary N) is 1. The van der Waals surface area contributed by atoms with Crippen molar-refractivity contribution in [1.29, 1.82) is 0 Å². The van der Waals surface area contributed by atoms with Crippen molar-refractivity contribution in [3.63, 3.8) is 0 Å². The van der Waals surface area contributed by atoms with Gasteiger partial charge >= 0.3 is 0 Å². The van der Waals surface area contributed by atoms with Crippen LogP contribution in [0.15, 0.2) is 72.8 Å². The summed E-state index contributed by atoms with van der Waals surface area (Å²) in [4.78, 5) is 24.5. The van der Waals surface area contributed by atoms with Gasteiger partial charge in [-0.25, -0.2) is 0 Å². The van der Waals surface area contributed by atoms with E-state index in [0.717, 1.165) is 11.3 Å². The molecule has 0 aromatic heterocycles. The van der Waals surface area contributed by atoms with Gasteiger partial charge in [-0.3, -0.25) is 9.59 Å². The number of hydrogen-bond donors (Lipinski definition) is 1. The van der Waals surface area contributed by atoms with E-state index < -0.39 is 0 Å². The molecular formula is C25H21NO3. The van der Waals surface area contributed by atoms with E-state index in [0.29, 0.717) is 22.6 Å². The van der Waals surface area contributed by atoms with Crippen LogP contribution in [0.2, 0.25) is 0 Å². The van der Waals surface area contributed by atoms with E-state index in [-0.39, 0.29) is 30.8 Å². The number of Topliss-reactive ketones (excluding diaryl/α,β-unsaturated/α-hetero) is 2. The molecule has 0 aliphatic carbocycles. The Morgan fingerprint density at radius 2 is 1.52 bits per heavy atom. The first kappa shape index (κ1) is 19.9. The Labute approximate surface area is 170 Å². The van der Waals surface area contributed by atoms with Crippen molar-refractivity contribution in [2.24, 2.45) is 0 Å².